The van der Waals surface area contributed by atoms with Gasteiger partial charge in [-0.2, -0.15) is 0 Å². The minimum Gasteiger partial charge on any atom is -0.332 e. The van der Waals surface area contributed by atoms with Gasteiger partial charge >= 0.3 is 0 Å². The second kappa shape index (κ2) is 6.97. The maximum atomic E-state index is 13.0. The summed E-state index contributed by atoms with van der Waals surface area (Å²) in [6, 6.07) is 3.89. The number of sulfonamides is 1. The molecule has 11 heteroatoms. The van der Waals surface area contributed by atoms with Gasteiger partial charge in [0.15, 0.2) is 9.84 Å². The van der Waals surface area contributed by atoms with Gasteiger partial charge in [-0.15, -0.1) is 11.3 Å². The van der Waals surface area contributed by atoms with Gasteiger partial charge in [-0.1, -0.05) is 0 Å². The Morgan fingerprint density at radius 1 is 1.37 bits per heavy atom. The summed E-state index contributed by atoms with van der Waals surface area (Å²) < 4.78 is 48.7. The molecule has 1 aliphatic heterocycles. The molecule has 0 aliphatic carbocycles. The highest BCUT2D eigenvalue weighted by Crippen LogP contribution is 2.45. The summed E-state index contributed by atoms with van der Waals surface area (Å²) in [5.74, 6) is -0.272. The first-order valence-corrected chi connectivity index (χ1v) is 12.1. The van der Waals surface area contributed by atoms with Gasteiger partial charge in [0.25, 0.3) is 5.91 Å². The van der Waals surface area contributed by atoms with Crippen molar-refractivity contribution in [1.29, 1.82) is 0 Å². The van der Waals surface area contributed by atoms with Gasteiger partial charge in [-0.3, -0.25) is 9.78 Å². The fourth-order valence-electron chi connectivity index (χ4n) is 3.17. The van der Waals surface area contributed by atoms with E-state index in [9.17, 15) is 21.6 Å². The monoisotopic (exact) mass is 429 g/mol. The van der Waals surface area contributed by atoms with E-state index >= 15 is 0 Å². The third-order valence-electron chi connectivity index (χ3n) is 4.59. The fraction of sp³-hybridized carbons (Fsp3) is 0.375. The molecule has 27 heavy (non-hydrogen) atoms. The highest BCUT2D eigenvalue weighted by atomic mass is 32.3. The van der Waals surface area contributed by atoms with Crippen LogP contribution in [0.15, 0.2) is 39.0 Å². The number of carbonyl (C=O) groups is 1. The number of rotatable bonds is 4. The van der Waals surface area contributed by atoms with E-state index in [1.807, 2.05) is 0 Å². The lowest BCUT2D eigenvalue weighted by molar-refractivity contribution is 0.0673. The lowest BCUT2D eigenvalue weighted by Gasteiger charge is -2.36. The third-order valence-corrected chi connectivity index (χ3v) is 9.91. The zero-order valence-corrected chi connectivity index (χ0v) is 17.1. The largest absolute Gasteiger partial charge is 0.332 e. The molecular formula is C16H19N3O5S3. The molecule has 0 fully saturated rings. The van der Waals surface area contributed by atoms with Gasteiger partial charge in [-0.25, -0.2) is 22.0 Å². The quantitative estimate of drug-likeness (QED) is 0.785. The molecule has 1 amide bonds. The molecule has 8 nitrogen and oxygen atoms in total. The number of aromatic nitrogens is 1. The highest BCUT2D eigenvalue weighted by molar-refractivity contribution is 7.95. The zero-order chi connectivity index (χ0) is 20.0. The van der Waals surface area contributed by atoms with Gasteiger partial charge in [-0.05, 0) is 38.5 Å². The standard InChI is InChI=1S/C16H19N3O5S3/c1-3-19(15(20)11-4-6-18-7-5-11)13-8-10(2)26(21,22)16-12(13)9-14(25-16)27(17,23)24/h4-7,9-10,13H,3,8H2,1-2H3,(H2,17,23,24). The van der Waals surface area contributed by atoms with Crippen LogP contribution in [0, 0.1) is 0 Å². The Morgan fingerprint density at radius 3 is 2.56 bits per heavy atom. The Hall–Kier alpha value is -1.82. The lowest BCUT2D eigenvalue weighted by Crippen LogP contribution is -2.40. The number of carbonyl (C=O) groups excluding carboxylic acids is 1. The number of fused-ring (bicyclic) bond motifs is 1. The van der Waals surface area contributed by atoms with Crippen LogP contribution in [0.4, 0.5) is 0 Å². The van der Waals surface area contributed by atoms with E-state index < -0.39 is 31.2 Å². The number of nitrogens with zero attached hydrogens (tertiary/aromatic N) is 2. The van der Waals surface area contributed by atoms with Gasteiger partial charge in [0.2, 0.25) is 10.0 Å². The first kappa shape index (κ1) is 19.9. The van der Waals surface area contributed by atoms with Crippen molar-refractivity contribution < 1.29 is 21.6 Å². The Balaban J connectivity index is 2.13. The minimum absolute atomic E-state index is 0.0312. The first-order chi connectivity index (χ1) is 12.6. The van der Waals surface area contributed by atoms with E-state index in [4.69, 9.17) is 5.14 Å². The van der Waals surface area contributed by atoms with Crippen LogP contribution in [0.3, 0.4) is 0 Å². The van der Waals surface area contributed by atoms with Crippen LogP contribution >= 0.6 is 11.3 Å². The molecule has 2 aromatic heterocycles. The molecule has 0 aromatic carbocycles. The second-order valence-electron chi connectivity index (χ2n) is 6.29. The topological polar surface area (TPSA) is 128 Å². The van der Waals surface area contributed by atoms with E-state index in [0.29, 0.717) is 29.0 Å². The SMILES string of the molecule is CCN(C(=O)c1ccncc1)C1CC(C)S(=O)(=O)c2sc(S(N)(=O)=O)cc21. The summed E-state index contributed by atoms with van der Waals surface area (Å²) in [5.41, 5.74) is 0.739. The van der Waals surface area contributed by atoms with Crippen molar-refractivity contribution in [2.45, 2.75) is 40.0 Å². The third kappa shape index (κ3) is 3.51. The predicted octanol–water partition coefficient (Wildman–Crippen LogP) is 1.56. The molecule has 0 spiro atoms. The number of hydrogen-bond acceptors (Lipinski definition) is 7. The summed E-state index contributed by atoms with van der Waals surface area (Å²) >= 11 is 0.643. The predicted molar refractivity (Wildman–Crippen MR) is 101 cm³/mol. The maximum absolute atomic E-state index is 13.0. The van der Waals surface area contributed by atoms with Crippen molar-refractivity contribution in [3.63, 3.8) is 0 Å². The van der Waals surface area contributed by atoms with E-state index in [1.54, 1.807) is 30.9 Å². The molecule has 2 atom stereocenters. The summed E-state index contributed by atoms with van der Waals surface area (Å²) in [6.07, 6.45) is 3.19. The van der Waals surface area contributed by atoms with E-state index in [-0.39, 0.29) is 20.7 Å². The molecule has 1 aliphatic rings. The number of nitrogens with two attached hydrogens (primary N) is 1. The molecule has 146 valence electrons. The van der Waals surface area contributed by atoms with E-state index in [1.165, 1.54) is 18.5 Å². The van der Waals surface area contributed by atoms with Crippen LogP contribution < -0.4 is 5.14 Å². The smallest absolute Gasteiger partial charge is 0.254 e. The fourth-order valence-corrected chi connectivity index (χ4v) is 7.57. The van der Waals surface area contributed by atoms with Crippen LogP contribution in [0.1, 0.15) is 42.2 Å². The molecule has 0 radical (unpaired) electrons. The van der Waals surface area contributed by atoms with Crippen molar-refractivity contribution in [3.8, 4) is 0 Å². The molecule has 3 rings (SSSR count). The molecule has 0 saturated carbocycles. The Labute approximate surface area is 162 Å². The molecule has 2 N–H and O–H groups in total. The average Bonchev–Trinajstić information content (AvgIpc) is 3.08. The Bertz CT molecular complexity index is 1080. The molecule has 2 unspecified atom stereocenters. The van der Waals surface area contributed by atoms with Gasteiger partial charge in [0, 0.05) is 30.1 Å². The van der Waals surface area contributed by atoms with E-state index in [0.717, 1.165) is 0 Å². The molecular weight excluding hydrogens is 410 g/mol. The highest BCUT2D eigenvalue weighted by Gasteiger charge is 2.42. The van der Waals surface area contributed by atoms with Crippen LogP contribution in [-0.2, 0) is 19.9 Å². The van der Waals surface area contributed by atoms with Crippen molar-refractivity contribution in [2.75, 3.05) is 6.54 Å². The van der Waals surface area contributed by atoms with Crippen LogP contribution in [0.5, 0.6) is 0 Å². The average molecular weight is 430 g/mol. The number of amides is 1. The molecule has 3 heterocycles. The van der Waals surface area contributed by atoms with Crippen molar-refractivity contribution in [2.24, 2.45) is 5.14 Å². The minimum atomic E-state index is -4.05. The van der Waals surface area contributed by atoms with E-state index in [2.05, 4.69) is 4.98 Å². The number of pyridine rings is 1. The zero-order valence-electron chi connectivity index (χ0n) is 14.7. The van der Waals surface area contributed by atoms with Crippen LogP contribution in [0.2, 0.25) is 0 Å². The normalized spacial score (nSPS) is 21.4. The summed E-state index contributed by atoms with van der Waals surface area (Å²) in [7, 11) is -7.73. The molecule has 2 aromatic rings. The van der Waals surface area contributed by atoms with Crippen molar-refractivity contribution >= 4 is 37.1 Å². The second-order valence-corrected chi connectivity index (χ2v) is 11.7. The summed E-state index contributed by atoms with van der Waals surface area (Å²) in [6.45, 7) is 3.68. The van der Waals surface area contributed by atoms with Crippen molar-refractivity contribution in [3.05, 3.63) is 41.7 Å². The van der Waals surface area contributed by atoms with Crippen LogP contribution in [0.25, 0.3) is 0 Å². The maximum Gasteiger partial charge on any atom is 0.254 e. The summed E-state index contributed by atoms with van der Waals surface area (Å²) in [5, 5.41) is 4.45. The molecule has 0 saturated heterocycles. The number of hydrogen-bond donors (Lipinski definition) is 1. The molecule has 0 bridgehead atoms. The Morgan fingerprint density at radius 2 is 2.00 bits per heavy atom. The van der Waals surface area contributed by atoms with Gasteiger partial charge < -0.3 is 4.90 Å². The Kier molecular flexibility index (Phi) is 5.14. The number of thiophene rings is 1. The van der Waals surface area contributed by atoms with Gasteiger partial charge in [0.1, 0.15) is 8.42 Å². The van der Waals surface area contributed by atoms with Gasteiger partial charge in [0.05, 0.1) is 11.3 Å². The van der Waals surface area contributed by atoms with Crippen molar-refractivity contribution in [1.82, 2.24) is 9.88 Å². The lowest BCUT2D eigenvalue weighted by atomic mass is 10.0. The number of sulfone groups is 1. The summed E-state index contributed by atoms with van der Waals surface area (Å²) in [4.78, 5) is 18.4. The number of primary sulfonamides is 1. The van der Waals surface area contributed by atoms with Crippen LogP contribution in [-0.4, -0.2) is 44.4 Å². The first-order valence-electron chi connectivity index (χ1n) is 8.18.